The van der Waals surface area contributed by atoms with Crippen molar-refractivity contribution in [2.45, 2.75) is 31.1 Å². The topological polar surface area (TPSA) is 19.4 Å². The van der Waals surface area contributed by atoms with Gasteiger partial charge in [-0.25, -0.2) is 4.98 Å². The van der Waals surface area contributed by atoms with Crippen molar-refractivity contribution in [2.75, 3.05) is 24.5 Å². The molecule has 0 unspecified atom stereocenters. The first-order valence-corrected chi connectivity index (χ1v) is 8.17. The van der Waals surface area contributed by atoms with E-state index in [0.717, 1.165) is 22.2 Å². The highest BCUT2D eigenvalue weighted by Crippen LogP contribution is 2.35. The predicted molar refractivity (Wildman–Crippen MR) is 83.7 cm³/mol. The van der Waals surface area contributed by atoms with Gasteiger partial charge in [0.05, 0.1) is 11.6 Å². The third-order valence-electron chi connectivity index (χ3n) is 4.11. The molecule has 1 aromatic heterocycles. The van der Waals surface area contributed by atoms with Gasteiger partial charge in [0.25, 0.3) is 0 Å². The second kappa shape index (κ2) is 5.73. The minimum atomic E-state index is -4.13. The zero-order valence-corrected chi connectivity index (χ0v) is 14.0. The number of fused-ring (bicyclic) bond motifs is 2. The van der Waals surface area contributed by atoms with Crippen LogP contribution in [0.1, 0.15) is 12.8 Å². The Morgan fingerprint density at radius 2 is 1.90 bits per heavy atom. The second-order valence-corrected chi connectivity index (χ2v) is 7.10. The van der Waals surface area contributed by atoms with Gasteiger partial charge >= 0.3 is 6.18 Å². The molecule has 116 valence electrons. The molecule has 2 fully saturated rings. The van der Waals surface area contributed by atoms with Crippen LogP contribution in [0.25, 0.3) is 0 Å². The molecule has 0 amide bonds. The number of hydrogen-bond acceptors (Lipinski definition) is 3. The Morgan fingerprint density at radius 1 is 1.29 bits per heavy atom. The lowest BCUT2D eigenvalue weighted by Gasteiger charge is -2.41. The summed E-state index contributed by atoms with van der Waals surface area (Å²) >= 11 is 8.10. The van der Waals surface area contributed by atoms with Crippen molar-refractivity contribution in [2.24, 2.45) is 0 Å². The molecule has 0 aromatic carbocycles. The molecule has 2 bridgehead atoms. The van der Waals surface area contributed by atoms with Gasteiger partial charge in [0, 0.05) is 34.9 Å². The molecule has 3 heterocycles. The van der Waals surface area contributed by atoms with Crippen LogP contribution in [0.4, 0.5) is 19.0 Å². The van der Waals surface area contributed by atoms with E-state index in [4.69, 9.17) is 11.6 Å². The Labute approximate surface area is 139 Å². The van der Waals surface area contributed by atoms with Gasteiger partial charge in [-0.05, 0) is 41.5 Å². The Bertz CT molecular complexity index is 526. The average molecular weight is 432 g/mol. The summed E-state index contributed by atoms with van der Waals surface area (Å²) in [5, 5.41) is 0.595. The van der Waals surface area contributed by atoms with Gasteiger partial charge < -0.3 is 4.90 Å². The number of rotatable bonds is 2. The van der Waals surface area contributed by atoms with Crippen LogP contribution in [0.3, 0.4) is 0 Å². The highest BCUT2D eigenvalue weighted by molar-refractivity contribution is 14.1. The fourth-order valence-corrected chi connectivity index (χ4v) is 3.74. The van der Waals surface area contributed by atoms with Gasteiger partial charge in [-0.1, -0.05) is 11.6 Å². The number of halogens is 5. The first kappa shape index (κ1) is 15.6. The summed E-state index contributed by atoms with van der Waals surface area (Å²) in [6.45, 7) is 0.385. The fraction of sp³-hybridized carbons (Fsp3) is 0.615. The Hall–Kier alpha value is -0.280. The number of aromatic nitrogens is 1. The van der Waals surface area contributed by atoms with Crippen molar-refractivity contribution >= 4 is 40.0 Å². The molecular formula is C13H14ClF3IN3. The van der Waals surface area contributed by atoms with E-state index in [1.807, 2.05) is 6.07 Å². The van der Waals surface area contributed by atoms with Crippen LogP contribution in [-0.2, 0) is 0 Å². The number of pyridine rings is 1. The lowest BCUT2D eigenvalue weighted by molar-refractivity contribution is -0.153. The molecule has 2 aliphatic rings. The van der Waals surface area contributed by atoms with Crippen molar-refractivity contribution in [3.8, 4) is 0 Å². The molecule has 8 heteroatoms. The molecule has 0 N–H and O–H groups in total. The Kier molecular flexibility index (Phi) is 4.26. The number of nitrogens with zero attached hydrogens (tertiary/aromatic N) is 3. The molecule has 1 aromatic rings. The molecule has 0 saturated carbocycles. The van der Waals surface area contributed by atoms with Gasteiger partial charge in [0.15, 0.2) is 0 Å². The van der Waals surface area contributed by atoms with Gasteiger partial charge in [-0.3, -0.25) is 4.90 Å². The smallest absolute Gasteiger partial charge is 0.353 e. The summed E-state index contributed by atoms with van der Waals surface area (Å²) in [4.78, 5) is 7.99. The number of alkyl halides is 3. The van der Waals surface area contributed by atoms with Crippen molar-refractivity contribution in [3.63, 3.8) is 0 Å². The molecule has 2 aliphatic heterocycles. The van der Waals surface area contributed by atoms with Crippen molar-refractivity contribution in [1.82, 2.24) is 9.88 Å². The molecular weight excluding hydrogens is 418 g/mol. The standard InChI is InChI=1S/C13H14ClF3IN3/c14-10-4-19-12(3-11(10)18)20-5-8-1-2-9(6-20)21(8)7-13(15,16)17/h3-4,8-9H,1-2,5-7H2/t8-,9+. The van der Waals surface area contributed by atoms with Crippen LogP contribution in [0.5, 0.6) is 0 Å². The summed E-state index contributed by atoms with van der Waals surface area (Å²) in [5.41, 5.74) is 0. The quantitative estimate of drug-likeness (QED) is 0.668. The highest BCUT2D eigenvalue weighted by Gasteiger charge is 2.45. The van der Waals surface area contributed by atoms with Crippen molar-refractivity contribution in [1.29, 1.82) is 0 Å². The highest BCUT2D eigenvalue weighted by atomic mass is 127. The van der Waals surface area contributed by atoms with Crippen LogP contribution >= 0.6 is 34.2 Å². The van der Waals surface area contributed by atoms with Crippen LogP contribution in [-0.4, -0.2) is 47.8 Å². The van der Waals surface area contributed by atoms with E-state index < -0.39 is 12.7 Å². The van der Waals surface area contributed by atoms with E-state index in [2.05, 4.69) is 32.5 Å². The summed E-state index contributed by atoms with van der Waals surface area (Å²) in [6.07, 6.45) is -0.885. The minimum Gasteiger partial charge on any atom is -0.353 e. The monoisotopic (exact) mass is 431 g/mol. The Morgan fingerprint density at radius 3 is 2.43 bits per heavy atom. The van der Waals surface area contributed by atoms with Gasteiger partial charge in [-0.2, -0.15) is 13.2 Å². The largest absolute Gasteiger partial charge is 0.401 e. The maximum atomic E-state index is 12.6. The fourth-order valence-electron chi connectivity index (χ4n) is 3.22. The molecule has 2 atom stereocenters. The molecule has 0 aliphatic carbocycles. The summed E-state index contributed by atoms with van der Waals surface area (Å²) in [7, 11) is 0. The predicted octanol–water partition coefficient (Wildman–Crippen LogP) is 3.55. The molecule has 2 saturated heterocycles. The molecule has 0 radical (unpaired) electrons. The van der Waals surface area contributed by atoms with Crippen LogP contribution in [0.2, 0.25) is 5.02 Å². The SMILES string of the molecule is FC(F)(F)CN1[C@@H]2CC[C@H]1CN(c1cc(I)c(Cl)cn1)C2. The van der Waals surface area contributed by atoms with Crippen molar-refractivity contribution < 1.29 is 13.2 Å². The molecule has 3 rings (SSSR count). The van der Waals surface area contributed by atoms with E-state index >= 15 is 0 Å². The summed E-state index contributed by atoms with van der Waals surface area (Å²) in [5.74, 6) is 0.798. The molecule has 3 nitrogen and oxygen atoms in total. The normalized spacial score (nSPS) is 26.4. The lowest BCUT2D eigenvalue weighted by atomic mass is 10.2. The lowest BCUT2D eigenvalue weighted by Crippen LogP contribution is -2.56. The maximum absolute atomic E-state index is 12.6. The van der Waals surface area contributed by atoms with E-state index in [-0.39, 0.29) is 12.1 Å². The Balaban J connectivity index is 1.75. The van der Waals surface area contributed by atoms with E-state index in [1.165, 1.54) is 0 Å². The summed E-state index contributed by atoms with van der Waals surface area (Å²) in [6, 6.07) is 1.81. The number of anilines is 1. The van der Waals surface area contributed by atoms with Gasteiger partial charge in [0.2, 0.25) is 0 Å². The third kappa shape index (κ3) is 3.39. The zero-order chi connectivity index (χ0) is 15.2. The van der Waals surface area contributed by atoms with E-state index in [1.54, 1.807) is 11.1 Å². The second-order valence-electron chi connectivity index (χ2n) is 5.53. The van der Waals surface area contributed by atoms with E-state index in [9.17, 15) is 13.2 Å². The zero-order valence-electron chi connectivity index (χ0n) is 11.1. The van der Waals surface area contributed by atoms with Crippen molar-refractivity contribution in [3.05, 3.63) is 20.9 Å². The maximum Gasteiger partial charge on any atom is 0.401 e. The van der Waals surface area contributed by atoms with Gasteiger partial charge in [0.1, 0.15) is 5.82 Å². The third-order valence-corrected chi connectivity index (χ3v) is 5.63. The molecule has 21 heavy (non-hydrogen) atoms. The minimum absolute atomic E-state index is 0.0412. The van der Waals surface area contributed by atoms with Crippen LogP contribution < -0.4 is 4.90 Å². The molecule has 0 spiro atoms. The average Bonchev–Trinajstić information content (AvgIpc) is 2.62. The number of hydrogen-bond donors (Lipinski definition) is 0. The van der Waals surface area contributed by atoms with Gasteiger partial charge in [-0.15, -0.1) is 0 Å². The first-order valence-electron chi connectivity index (χ1n) is 6.72. The summed E-state index contributed by atoms with van der Waals surface area (Å²) < 4.78 is 38.9. The van der Waals surface area contributed by atoms with Crippen LogP contribution in [0.15, 0.2) is 12.3 Å². The van der Waals surface area contributed by atoms with Crippen LogP contribution in [0, 0.1) is 3.57 Å². The van der Waals surface area contributed by atoms with E-state index in [0.29, 0.717) is 18.1 Å². The first-order chi connectivity index (χ1) is 9.83. The number of piperazine rings is 1.